The average molecular weight is 340 g/mol. The summed E-state index contributed by atoms with van der Waals surface area (Å²) in [5.41, 5.74) is 0.725. The number of alkyl halides is 2. The van der Waals surface area contributed by atoms with Crippen LogP contribution in [0.5, 0.6) is 5.88 Å². The summed E-state index contributed by atoms with van der Waals surface area (Å²) in [6.07, 6.45) is 0.235. The first-order chi connectivity index (χ1) is 11.5. The minimum atomic E-state index is -2.54. The highest BCUT2D eigenvalue weighted by atomic mass is 19.3. The van der Waals surface area contributed by atoms with Gasteiger partial charge in [0.15, 0.2) is 0 Å². The number of urea groups is 1. The summed E-state index contributed by atoms with van der Waals surface area (Å²) in [5, 5.41) is 6.43. The van der Waals surface area contributed by atoms with Crippen molar-refractivity contribution in [3.8, 4) is 5.88 Å². The molecular weight excluding hydrogens is 322 g/mol. The van der Waals surface area contributed by atoms with Crippen molar-refractivity contribution in [1.29, 1.82) is 0 Å². The second kappa shape index (κ2) is 8.18. The van der Waals surface area contributed by atoms with Crippen LogP contribution in [0.15, 0.2) is 24.7 Å². The third kappa shape index (κ3) is 4.61. The molecule has 0 aromatic carbocycles. The summed E-state index contributed by atoms with van der Waals surface area (Å²) in [5.74, 6) is 0.712. The number of pyridine rings is 1. The van der Waals surface area contributed by atoms with Gasteiger partial charge in [-0.05, 0) is 6.07 Å². The van der Waals surface area contributed by atoms with E-state index in [0.717, 1.165) is 10.2 Å². The first-order valence-corrected chi connectivity index (χ1v) is 7.13. The predicted molar refractivity (Wildman–Crippen MR) is 80.5 cm³/mol. The first kappa shape index (κ1) is 17.6. The van der Waals surface area contributed by atoms with Crippen molar-refractivity contribution in [1.82, 2.24) is 30.0 Å². The summed E-state index contributed by atoms with van der Waals surface area (Å²) in [4.78, 5) is 21.4. The monoisotopic (exact) mass is 340 g/mol. The Bertz CT molecular complexity index is 679. The molecule has 24 heavy (non-hydrogen) atoms. The van der Waals surface area contributed by atoms with Crippen molar-refractivity contribution in [2.24, 2.45) is 0 Å². The molecule has 10 heteroatoms. The summed E-state index contributed by atoms with van der Waals surface area (Å²) < 4.78 is 31.1. The van der Waals surface area contributed by atoms with Gasteiger partial charge in [0.2, 0.25) is 5.88 Å². The number of hydrogen-bond acceptors (Lipinski definition) is 5. The number of carbonyl (C=O) groups is 1. The second-order valence-corrected chi connectivity index (χ2v) is 4.94. The molecule has 2 amide bonds. The number of nitrogens with one attached hydrogen (secondary N) is 1. The maximum atomic E-state index is 12.5. The number of methoxy groups -OCH3 is 1. The zero-order valence-corrected chi connectivity index (χ0v) is 13.3. The number of halogens is 2. The van der Waals surface area contributed by atoms with Gasteiger partial charge < -0.3 is 15.0 Å². The summed E-state index contributed by atoms with van der Waals surface area (Å²) >= 11 is 0. The lowest BCUT2D eigenvalue weighted by Gasteiger charge is -2.18. The Morgan fingerprint density at radius 3 is 2.96 bits per heavy atom. The lowest BCUT2D eigenvalue weighted by molar-refractivity contribution is 0.119. The van der Waals surface area contributed by atoms with E-state index in [4.69, 9.17) is 4.74 Å². The lowest BCUT2D eigenvalue weighted by Crippen LogP contribution is -2.37. The molecule has 0 saturated heterocycles. The highest BCUT2D eigenvalue weighted by molar-refractivity contribution is 5.73. The van der Waals surface area contributed by atoms with E-state index in [2.05, 4.69) is 20.4 Å². The Hall–Kier alpha value is -2.78. The molecule has 2 aromatic rings. The number of rotatable bonds is 7. The molecule has 0 saturated carbocycles. The van der Waals surface area contributed by atoms with E-state index in [9.17, 15) is 13.6 Å². The number of hydrogen-bond donors (Lipinski definition) is 1. The van der Waals surface area contributed by atoms with Gasteiger partial charge >= 0.3 is 6.03 Å². The van der Waals surface area contributed by atoms with Crippen LogP contribution in [0.2, 0.25) is 0 Å². The Balaban J connectivity index is 1.92. The van der Waals surface area contributed by atoms with Gasteiger partial charge in [0.1, 0.15) is 18.7 Å². The highest BCUT2D eigenvalue weighted by Gasteiger charge is 2.15. The molecule has 2 rings (SSSR count). The van der Waals surface area contributed by atoms with Crippen LogP contribution < -0.4 is 10.1 Å². The Kier molecular flexibility index (Phi) is 5.99. The van der Waals surface area contributed by atoms with Gasteiger partial charge in [0.25, 0.3) is 6.43 Å². The maximum Gasteiger partial charge on any atom is 0.317 e. The molecule has 8 nitrogen and oxygen atoms in total. The summed E-state index contributed by atoms with van der Waals surface area (Å²) in [7, 11) is 3.03. The van der Waals surface area contributed by atoms with E-state index >= 15 is 0 Å². The summed E-state index contributed by atoms with van der Waals surface area (Å²) in [6, 6.07) is 3.14. The average Bonchev–Trinajstić information content (AvgIpc) is 2.98. The number of ether oxygens (including phenoxy) is 1. The predicted octanol–water partition coefficient (Wildman–Crippen LogP) is 1.29. The largest absolute Gasteiger partial charge is 0.481 e. The van der Waals surface area contributed by atoms with Gasteiger partial charge in [-0.1, -0.05) is 6.07 Å². The molecule has 0 spiro atoms. The fourth-order valence-electron chi connectivity index (χ4n) is 2.03. The van der Waals surface area contributed by atoms with Crippen LogP contribution in [0.4, 0.5) is 13.6 Å². The van der Waals surface area contributed by atoms with E-state index < -0.39 is 13.0 Å². The Morgan fingerprint density at radius 2 is 2.25 bits per heavy atom. The van der Waals surface area contributed by atoms with Crippen molar-refractivity contribution >= 4 is 6.03 Å². The molecule has 0 fully saturated rings. The van der Waals surface area contributed by atoms with Gasteiger partial charge in [-0.3, -0.25) is 0 Å². The maximum absolute atomic E-state index is 12.5. The Morgan fingerprint density at radius 1 is 1.46 bits per heavy atom. The molecule has 1 N–H and O–H groups in total. The quantitative estimate of drug-likeness (QED) is 0.821. The molecule has 0 atom stereocenters. The van der Waals surface area contributed by atoms with Crippen LogP contribution >= 0.6 is 0 Å². The number of amides is 2. The van der Waals surface area contributed by atoms with Gasteiger partial charge in [-0.25, -0.2) is 28.2 Å². The van der Waals surface area contributed by atoms with Crippen molar-refractivity contribution in [2.75, 3.05) is 14.2 Å². The highest BCUT2D eigenvalue weighted by Crippen LogP contribution is 2.13. The molecule has 2 aromatic heterocycles. The molecule has 2 heterocycles. The van der Waals surface area contributed by atoms with Crippen LogP contribution in [-0.2, 0) is 19.6 Å². The third-order valence-electron chi connectivity index (χ3n) is 3.21. The SMILES string of the molecule is COc1ncccc1CNC(=O)N(C)Cc1ncnn1CC(F)F. The standard InChI is InChI=1S/C14H18F2N6O2/c1-21(8-12-19-9-20-22(12)7-11(15)16)14(23)18-6-10-4-3-5-17-13(10)24-2/h3-5,9,11H,6-8H2,1-2H3,(H,18,23). The van der Waals surface area contributed by atoms with Crippen LogP contribution in [0.1, 0.15) is 11.4 Å². The molecule has 0 radical (unpaired) electrons. The van der Waals surface area contributed by atoms with Gasteiger partial charge in [-0.2, -0.15) is 5.10 Å². The third-order valence-corrected chi connectivity index (χ3v) is 3.21. The van der Waals surface area contributed by atoms with E-state index in [1.54, 1.807) is 18.3 Å². The minimum absolute atomic E-state index is 0.0583. The van der Waals surface area contributed by atoms with E-state index in [1.165, 1.54) is 25.4 Å². The zero-order valence-electron chi connectivity index (χ0n) is 13.3. The smallest absolute Gasteiger partial charge is 0.317 e. The lowest BCUT2D eigenvalue weighted by atomic mass is 10.2. The van der Waals surface area contributed by atoms with Gasteiger partial charge in [-0.15, -0.1) is 0 Å². The van der Waals surface area contributed by atoms with E-state index in [0.29, 0.717) is 5.88 Å². The Labute approximate surface area is 137 Å². The van der Waals surface area contributed by atoms with Gasteiger partial charge in [0.05, 0.1) is 13.7 Å². The molecule has 0 aliphatic heterocycles. The van der Waals surface area contributed by atoms with Crippen LogP contribution in [0, 0.1) is 0 Å². The van der Waals surface area contributed by atoms with Crippen molar-refractivity contribution < 1.29 is 18.3 Å². The van der Waals surface area contributed by atoms with Crippen molar-refractivity contribution in [2.45, 2.75) is 26.1 Å². The topological polar surface area (TPSA) is 85.2 Å². The molecule has 130 valence electrons. The second-order valence-electron chi connectivity index (χ2n) is 4.94. The number of carbonyl (C=O) groups excluding carboxylic acids is 1. The molecular formula is C14H18F2N6O2. The molecule has 0 aliphatic carbocycles. The normalized spacial score (nSPS) is 10.7. The molecule has 0 aliphatic rings. The number of aromatic nitrogens is 4. The van der Waals surface area contributed by atoms with Crippen molar-refractivity contribution in [3.63, 3.8) is 0 Å². The minimum Gasteiger partial charge on any atom is -0.481 e. The first-order valence-electron chi connectivity index (χ1n) is 7.13. The molecule has 0 unspecified atom stereocenters. The van der Waals surface area contributed by atoms with Crippen LogP contribution in [-0.4, -0.2) is 51.3 Å². The van der Waals surface area contributed by atoms with Crippen LogP contribution in [0.3, 0.4) is 0 Å². The van der Waals surface area contributed by atoms with E-state index in [1.807, 2.05) is 0 Å². The number of nitrogens with zero attached hydrogens (tertiary/aromatic N) is 5. The zero-order chi connectivity index (χ0) is 17.5. The summed E-state index contributed by atoms with van der Waals surface area (Å²) in [6.45, 7) is -0.273. The van der Waals surface area contributed by atoms with Gasteiger partial charge in [0, 0.05) is 25.4 Å². The fourth-order valence-corrected chi connectivity index (χ4v) is 2.03. The van der Waals surface area contributed by atoms with E-state index in [-0.39, 0.29) is 24.9 Å². The fraction of sp³-hybridized carbons (Fsp3) is 0.429. The van der Waals surface area contributed by atoms with Crippen molar-refractivity contribution in [3.05, 3.63) is 36.0 Å². The van der Waals surface area contributed by atoms with Crippen LogP contribution in [0.25, 0.3) is 0 Å². The molecule has 0 bridgehead atoms.